The van der Waals surface area contributed by atoms with Crippen molar-refractivity contribution in [2.75, 3.05) is 25.1 Å². The van der Waals surface area contributed by atoms with Crippen LogP contribution in [0, 0.1) is 0 Å². The van der Waals surface area contributed by atoms with Crippen LogP contribution in [0.25, 0.3) is 0 Å². The van der Waals surface area contributed by atoms with Gasteiger partial charge in [-0.3, -0.25) is 4.90 Å². The molecule has 2 aliphatic heterocycles. The van der Waals surface area contributed by atoms with Crippen molar-refractivity contribution in [2.45, 2.75) is 51.2 Å². The summed E-state index contributed by atoms with van der Waals surface area (Å²) in [6, 6.07) is 17.5. The van der Waals surface area contributed by atoms with E-state index in [1.807, 2.05) is 0 Å². The Hall–Kier alpha value is -2.26. The van der Waals surface area contributed by atoms with Gasteiger partial charge in [-0.25, -0.2) is 0 Å². The van der Waals surface area contributed by atoms with Crippen LogP contribution in [0.1, 0.15) is 44.2 Å². The lowest BCUT2D eigenvalue weighted by Gasteiger charge is -2.48. The molecule has 0 aromatic heterocycles. The number of nitrogens with zero attached hydrogens (tertiary/aromatic N) is 2. The van der Waals surface area contributed by atoms with Gasteiger partial charge < -0.3 is 9.64 Å². The average molecular weight is 377 g/mol. The van der Waals surface area contributed by atoms with Gasteiger partial charge in [-0.15, -0.1) is 0 Å². The number of hydrogen-bond acceptors (Lipinski definition) is 3. The molecule has 2 heterocycles. The van der Waals surface area contributed by atoms with Crippen molar-refractivity contribution in [3.05, 3.63) is 71.8 Å². The third-order valence-electron chi connectivity index (χ3n) is 6.60. The number of likely N-dealkylation sites (tertiary alicyclic amines) is 1. The van der Waals surface area contributed by atoms with Crippen molar-refractivity contribution in [2.24, 2.45) is 0 Å². The second kappa shape index (κ2) is 7.63. The van der Waals surface area contributed by atoms with Gasteiger partial charge in [-0.05, 0) is 48.6 Å². The molecule has 3 nitrogen and oxygen atoms in total. The summed E-state index contributed by atoms with van der Waals surface area (Å²) in [6.45, 7) is 12.0. The van der Waals surface area contributed by atoms with E-state index in [2.05, 4.69) is 78.8 Å². The van der Waals surface area contributed by atoms with Gasteiger partial charge in [0.25, 0.3) is 0 Å². The van der Waals surface area contributed by atoms with Crippen molar-refractivity contribution >= 4 is 5.69 Å². The molecule has 2 aromatic rings. The lowest BCUT2D eigenvalue weighted by Crippen LogP contribution is -2.58. The molecular weight excluding hydrogens is 344 g/mol. The first-order valence-electron chi connectivity index (χ1n) is 10.5. The van der Waals surface area contributed by atoms with E-state index in [1.54, 1.807) is 7.11 Å². The maximum atomic E-state index is 5.57. The van der Waals surface area contributed by atoms with Crippen molar-refractivity contribution < 1.29 is 4.74 Å². The van der Waals surface area contributed by atoms with E-state index in [4.69, 9.17) is 4.74 Å². The van der Waals surface area contributed by atoms with Gasteiger partial charge in [0, 0.05) is 30.7 Å². The van der Waals surface area contributed by atoms with E-state index in [0.29, 0.717) is 6.17 Å². The number of piperidine rings is 1. The summed E-state index contributed by atoms with van der Waals surface area (Å²) in [5.41, 5.74) is 5.55. The Balaban J connectivity index is 1.75. The molecule has 0 N–H and O–H groups in total. The van der Waals surface area contributed by atoms with Crippen LogP contribution in [0.3, 0.4) is 0 Å². The molecule has 0 amide bonds. The van der Waals surface area contributed by atoms with E-state index < -0.39 is 0 Å². The fourth-order valence-corrected chi connectivity index (χ4v) is 5.11. The Morgan fingerprint density at radius 1 is 1.21 bits per heavy atom. The summed E-state index contributed by atoms with van der Waals surface area (Å²) in [7, 11) is 1.76. The molecule has 0 spiro atoms. The van der Waals surface area contributed by atoms with Gasteiger partial charge in [-0.1, -0.05) is 56.3 Å². The quantitative estimate of drug-likeness (QED) is 0.631. The van der Waals surface area contributed by atoms with Crippen molar-refractivity contribution in [1.82, 2.24) is 4.90 Å². The molecule has 2 atom stereocenters. The van der Waals surface area contributed by atoms with Crippen LogP contribution in [-0.4, -0.2) is 31.3 Å². The van der Waals surface area contributed by atoms with Crippen LogP contribution in [-0.2, 0) is 12.0 Å². The number of methoxy groups -OCH3 is 1. The zero-order valence-corrected chi connectivity index (χ0v) is 17.4. The maximum absolute atomic E-state index is 5.57. The van der Waals surface area contributed by atoms with Crippen molar-refractivity contribution in [1.29, 1.82) is 0 Å². The Labute approximate surface area is 169 Å². The van der Waals surface area contributed by atoms with Gasteiger partial charge in [0.15, 0.2) is 0 Å². The Kier molecular flexibility index (Phi) is 5.20. The minimum Gasteiger partial charge on any atom is -0.497 e. The van der Waals surface area contributed by atoms with E-state index in [0.717, 1.165) is 31.8 Å². The zero-order chi connectivity index (χ0) is 19.7. The molecule has 0 bridgehead atoms. The lowest BCUT2D eigenvalue weighted by atomic mass is 9.75. The number of fused-ring (bicyclic) bond motifs is 3. The van der Waals surface area contributed by atoms with E-state index in [-0.39, 0.29) is 5.41 Å². The first kappa shape index (κ1) is 19.1. The first-order valence-corrected chi connectivity index (χ1v) is 10.5. The average Bonchev–Trinajstić information content (AvgIpc) is 2.97. The summed E-state index contributed by atoms with van der Waals surface area (Å²) >= 11 is 0. The van der Waals surface area contributed by atoms with E-state index in [9.17, 15) is 0 Å². The Bertz CT molecular complexity index is 847. The second-order valence-electron chi connectivity index (χ2n) is 8.47. The third-order valence-corrected chi connectivity index (χ3v) is 6.60. The molecule has 3 heteroatoms. The molecular formula is C25H32N2O. The second-order valence-corrected chi connectivity index (χ2v) is 8.47. The van der Waals surface area contributed by atoms with Crippen LogP contribution >= 0.6 is 0 Å². The number of ether oxygens (including phenoxy) is 1. The predicted molar refractivity (Wildman–Crippen MR) is 117 cm³/mol. The summed E-state index contributed by atoms with van der Waals surface area (Å²) in [4.78, 5) is 5.27. The van der Waals surface area contributed by atoms with Gasteiger partial charge in [-0.2, -0.15) is 0 Å². The highest BCUT2D eigenvalue weighted by atomic mass is 16.5. The van der Waals surface area contributed by atoms with Crippen LogP contribution in [0.2, 0.25) is 0 Å². The van der Waals surface area contributed by atoms with Crippen LogP contribution in [0.4, 0.5) is 5.69 Å². The standard InChI is InChI=1S/C25H32N2O/c1-5-19(2)17-27-23-13-12-21(28-4)16-22(23)25(3)14-9-15-26(24(25)27)18-20-10-7-6-8-11-20/h6-8,10-13,16,24H,2,5,9,14-15,17-18H2,1,3-4H3/t24?,25-/m1/s1. The molecule has 0 radical (unpaired) electrons. The highest BCUT2D eigenvalue weighted by molar-refractivity contribution is 5.67. The Morgan fingerprint density at radius 3 is 2.71 bits per heavy atom. The lowest BCUT2D eigenvalue weighted by molar-refractivity contribution is 0.0777. The first-order chi connectivity index (χ1) is 13.6. The monoisotopic (exact) mass is 376 g/mol. The van der Waals surface area contributed by atoms with Crippen LogP contribution < -0.4 is 9.64 Å². The molecule has 0 aliphatic carbocycles. The summed E-state index contributed by atoms with van der Waals surface area (Å²) in [5.74, 6) is 0.954. The highest BCUT2D eigenvalue weighted by Gasteiger charge is 2.52. The zero-order valence-electron chi connectivity index (χ0n) is 17.4. The Morgan fingerprint density at radius 2 is 2.00 bits per heavy atom. The maximum Gasteiger partial charge on any atom is 0.119 e. The third kappa shape index (κ3) is 3.22. The summed E-state index contributed by atoms with van der Waals surface area (Å²) in [5, 5.41) is 0. The molecule has 148 valence electrons. The van der Waals surface area contributed by atoms with Gasteiger partial charge in [0.05, 0.1) is 13.3 Å². The number of anilines is 1. The predicted octanol–water partition coefficient (Wildman–Crippen LogP) is 5.36. The minimum atomic E-state index is 0.102. The summed E-state index contributed by atoms with van der Waals surface area (Å²) in [6.07, 6.45) is 3.80. The van der Waals surface area contributed by atoms with Gasteiger partial charge in [0.2, 0.25) is 0 Å². The van der Waals surface area contributed by atoms with Crippen molar-refractivity contribution in [3.8, 4) is 5.75 Å². The molecule has 2 aromatic carbocycles. The van der Waals surface area contributed by atoms with Crippen molar-refractivity contribution in [3.63, 3.8) is 0 Å². The largest absolute Gasteiger partial charge is 0.497 e. The fourth-order valence-electron chi connectivity index (χ4n) is 5.11. The smallest absolute Gasteiger partial charge is 0.119 e. The fraction of sp³-hybridized carbons (Fsp3) is 0.440. The summed E-state index contributed by atoms with van der Waals surface area (Å²) < 4.78 is 5.57. The normalized spacial score (nSPS) is 24.0. The molecule has 1 saturated heterocycles. The van der Waals surface area contributed by atoms with Crippen LogP contribution in [0.15, 0.2) is 60.7 Å². The minimum absolute atomic E-state index is 0.102. The number of hydrogen-bond donors (Lipinski definition) is 0. The number of rotatable bonds is 6. The molecule has 0 saturated carbocycles. The van der Waals surface area contributed by atoms with Crippen LogP contribution in [0.5, 0.6) is 5.75 Å². The molecule has 28 heavy (non-hydrogen) atoms. The highest BCUT2D eigenvalue weighted by Crippen LogP contribution is 2.52. The SMILES string of the molecule is C=C(CC)CN1c2ccc(OC)cc2[C@@]2(C)CCCN(Cc3ccccc3)C12. The van der Waals surface area contributed by atoms with Gasteiger partial charge >= 0.3 is 0 Å². The van der Waals surface area contributed by atoms with E-state index in [1.165, 1.54) is 35.2 Å². The molecule has 1 fully saturated rings. The van der Waals surface area contributed by atoms with Gasteiger partial charge in [0.1, 0.15) is 5.75 Å². The topological polar surface area (TPSA) is 15.7 Å². The molecule has 2 aliphatic rings. The number of benzene rings is 2. The molecule has 1 unspecified atom stereocenters. The molecule has 4 rings (SSSR count). The van der Waals surface area contributed by atoms with E-state index >= 15 is 0 Å².